The molecule has 2 atom stereocenters. The summed E-state index contributed by atoms with van der Waals surface area (Å²) in [6.07, 6.45) is 4.74. The van der Waals surface area contributed by atoms with Gasteiger partial charge in [-0.2, -0.15) is 0 Å². The number of nitrogens with two attached hydrogens (primary N) is 1. The maximum Gasteiger partial charge on any atom is 0.149 e. The molecule has 3 nitrogen and oxygen atoms in total. The highest BCUT2D eigenvalue weighted by Crippen LogP contribution is 2.35. The lowest BCUT2D eigenvalue weighted by molar-refractivity contribution is -0.00916. The number of morpholine rings is 1. The molecule has 0 amide bonds. The Morgan fingerprint density at radius 2 is 1.90 bits per heavy atom. The summed E-state index contributed by atoms with van der Waals surface area (Å²) >= 11 is 0. The first kappa shape index (κ1) is 14.7. The Bertz CT molecular complexity index is 484. The number of halogens is 2. The number of anilines is 1. The molecule has 0 aromatic heterocycles. The third kappa shape index (κ3) is 2.90. The highest BCUT2D eigenvalue weighted by atomic mass is 19.1. The largest absolute Gasteiger partial charge is 0.374 e. The summed E-state index contributed by atoms with van der Waals surface area (Å²) < 4.78 is 34.6. The van der Waals surface area contributed by atoms with Crippen LogP contribution in [0.3, 0.4) is 0 Å². The van der Waals surface area contributed by atoms with E-state index in [1.807, 2.05) is 4.90 Å². The summed E-state index contributed by atoms with van der Waals surface area (Å²) in [7, 11) is 0. The zero-order chi connectivity index (χ0) is 14.8. The minimum Gasteiger partial charge on any atom is -0.374 e. The number of benzene rings is 1. The van der Waals surface area contributed by atoms with Crippen molar-refractivity contribution in [2.24, 2.45) is 5.73 Å². The molecule has 1 aromatic rings. The van der Waals surface area contributed by atoms with Gasteiger partial charge in [-0.15, -0.1) is 0 Å². The molecule has 1 saturated carbocycles. The van der Waals surface area contributed by atoms with Gasteiger partial charge in [0.05, 0.1) is 18.8 Å². The predicted molar refractivity (Wildman–Crippen MR) is 78.5 cm³/mol. The molecule has 3 rings (SSSR count). The second kappa shape index (κ2) is 6.28. The van der Waals surface area contributed by atoms with Gasteiger partial charge in [0.15, 0.2) is 0 Å². The van der Waals surface area contributed by atoms with Gasteiger partial charge >= 0.3 is 0 Å². The van der Waals surface area contributed by atoms with Crippen LogP contribution in [0.4, 0.5) is 14.5 Å². The van der Waals surface area contributed by atoms with Crippen molar-refractivity contribution in [3.63, 3.8) is 0 Å². The van der Waals surface area contributed by atoms with Crippen LogP contribution in [0.25, 0.3) is 0 Å². The summed E-state index contributed by atoms with van der Waals surface area (Å²) in [5, 5.41) is 0. The first-order valence-corrected chi connectivity index (χ1v) is 7.77. The van der Waals surface area contributed by atoms with Gasteiger partial charge in [-0.1, -0.05) is 12.8 Å². The van der Waals surface area contributed by atoms with Gasteiger partial charge in [0.1, 0.15) is 17.3 Å². The van der Waals surface area contributed by atoms with Gasteiger partial charge in [0.2, 0.25) is 0 Å². The van der Waals surface area contributed by atoms with Crippen LogP contribution in [0.15, 0.2) is 12.1 Å². The summed E-state index contributed by atoms with van der Waals surface area (Å²) in [5.74, 6) is -0.964. The molecule has 1 aliphatic carbocycles. The van der Waals surface area contributed by atoms with Crippen LogP contribution < -0.4 is 10.6 Å². The zero-order valence-electron chi connectivity index (χ0n) is 12.2. The lowest BCUT2D eigenvalue weighted by Crippen LogP contribution is -2.53. The van der Waals surface area contributed by atoms with E-state index in [0.717, 1.165) is 25.7 Å². The van der Waals surface area contributed by atoms with Crippen LogP contribution in [0.2, 0.25) is 0 Å². The number of ether oxygens (including phenoxy) is 1. The lowest BCUT2D eigenvalue weighted by atomic mass is 9.89. The molecule has 0 radical (unpaired) electrons. The molecule has 1 saturated heterocycles. The molecule has 116 valence electrons. The maximum atomic E-state index is 14.4. The van der Waals surface area contributed by atoms with Crippen LogP contribution >= 0.6 is 0 Å². The smallest absolute Gasteiger partial charge is 0.149 e. The molecule has 5 heteroatoms. The van der Waals surface area contributed by atoms with Crippen molar-refractivity contribution >= 4 is 5.69 Å². The number of hydrogen-bond donors (Lipinski definition) is 1. The van der Waals surface area contributed by atoms with E-state index < -0.39 is 11.6 Å². The predicted octanol–water partition coefficient (Wildman–Crippen LogP) is 2.61. The number of fused-ring (bicyclic) bond motifs is 1. The van der Waals surface area contributed by atoms with Gasteiger partial charge in [0.25, 0.3) is 0 Å². The maximum absolute atomic E-state index is 14.4. The fourth-order valence-corrected chi connectivity index (χ4v) is 3.58. The van der Waals surface area contributed by atoms with Crippen molar-refractivity contribution in [1.29, 1.82) is 0 Å². The fraction of sp³-hybridized carbons (Fsp3) is 0.625. The highest BCUT2D eigenvalue weighted by Gasteiger charge is 2.36. The first-order chi connectivity index (χ1) is 10.2. The Morgan fingerprint density at radius 1 is 1.19 bits per heavy atom. The number of rotatable bonds is 3. The van der Waals surface area contributed by atoms with Crippen molar-refractivity contribution in [2.75, 3.05) is 24.6 Å². The third-order valence-electron chi connectivity index (χ3n) is 4.53. The van der Waals surface area contributed by atoms with Crippen LogP contribution in [0.5, 0.6) is 0 Å². The quantitative estimate of drug-likeness (QED) is 0.932. The first-order valence-electron chi connectivity index (χ1n) is 7.77. The molecular formula is C16H22F2N2O. The second-order valence-electron chi connectivity index (χ2n) is 5.90. The fourth-order valence-electron chi connectivity index (χ4n) is 3.58. The van der Waals surface area contributed by atoms with Crippen LogP contribution in [-0.2, 0) is 11.2 Å². The van der Waals surface area contributed by atoms with Gasteiger partial charge in [0, 0.05) is 6.54 Å². The standard InChI is InChI=1S/C16H22F2N2O/c17-12-9-11(5-6-19)10-13(18)16(12)20-7-8-21-15-4-2-1-3-14(15)20/h9-10,14-15H,1-8,19H2. The topological polar surface area (TPSA) is 38.5 Å². The molecule has 2 fully saturated rings. The Balaban J connectivity index is 1.91. The van der Waals surface area contributed by atoms with Crippen LogP contribution in [0, 0.1) is 11.6 Å². The van der Waals surface area contributed by atoms with E-state index in [9.17, 15) is 8.78 Å². The highest BCUT2D eigenvalue weighted by molar-refractivity contribution is 5.52. The van der Waals surface area contributed by atoms with E-state index in [-0.39, 0.29) is 17.8 Å². The molecule has 2 aliphatic rings. The van der Waals surface area contributed by atoms with Gasteiger partial charge < -0.3 is 15.4 Å². The summed E-state index contributed by atoms with van der Waals surface area (Å²) in [6.45, 7) is 1.47. The monoisotopic (exact) mass is 296 g/mol. The Morgan fingerprint density at radius 3 is 2.62 bits per heavy atom. The van der Waals surface area contributed by atoms with Crippen LogP contribution in [0.1, 0.15) is 31.2 Å². The summed E-state index contributed by atoms with van der Waals surface area (Å²) in [5.41, 5.74) is 6.18. The number of hydrogen-bond acceptors (Lipinski definition) is 3. The van der Waals surface area contributed by atoms with Crippen molar-refractivity contribution in [3.05, 3.63) is 29.3 Å². The molecule has 1 aliphatic heterocycles. The van der Waals surface area contributed by atoms with Gasteiger partial charge in [-0.25, -0.2) is 8.78 Å². The normalized spacial score (nSPS) is 25.8. The van der Waals surface area contributed by atoms with Crippen LogP contribution in [-0.4, -0.2) is 31.8 Å². The Hall–Kier alpha value is -1.20. The molecule has 2 unspecified atom stereocenters. The molecular weight excluding hydrogens is 274 g/mol. The Labute approximate surface area is 124 Å². The molecule has 21 heavy (non-hydrogen) atoms. The molecule has 0 bridgehead atoms. The number of nitrogens with zero attached hydrogens (tertiary/aromatic N) is 1. The lowest BCUT2D eigenvalue weighted by Gasteiger charge is -2.45. The van der Waals surface area contributed by atoms with E-state index in [2.05, 4.69) is 0 Å². The van der Waals surface area contributed by atoms with E-state index >= 15 is 0 Å². The third-order valence-corrected chi connectivity index (χ3v) is 4.53. The molecule has 1 heterocycles. The van der Waals surface area contributed by atoms with Crippen molar-refractivity contribution in [3.8, 4) is 0 Å². The second-order valence-corrected chi connectivity index (χ2v) is 5.90. The molecule has 0 spiro atoms. The Kier molecular flexibility index (Phi) is 4.40. The van der Waals surface area contributed by atoms with E-state index in [0.29, 0.717) is 31.7 Å². The van der Waals surface area contributed by atoms with Gasteiger partial charge in [-0.05, 0) is 43.5 Å². The minimum absolute atomic E-state index is 0.0943. The summed E-state index contributed by atoms with van der Waals surface area (Å²) in [4.78, 5) is 1.88. The van der Waals surface area contributed by atoms with E-state index in [4.69, 9.17) is 10.5 Å². The SMILES string of the molecule is NCCc1cc(F)c(N2CCOC3CCCCC32)c(F)c1. The summed E-state index contributed by atoms with van der Waals surface area (Å²) in [6, 6.07) is 2.92. The van der Waals surface area contributed by atoms with Crippen molar-refractivity contribution in [2.45, 2.75) is 44.2 Å². The average molecular weight is 296 g/mol. The van der Waals surface area contributed by atoms with E-state index in [1.54, 1.807) is 0 Å². The van der Waals surface area contributed by atoms with Crippen molar-refractivity contribution in [1.82, 2.24) is 0 Å². The molecule has 1 aromatic carbocycles. The zero-order valence-corrected chi connectivity index (χ0v) is 12.2. The minimum atomic E-state index is -0.482. The average Bonchev–Trinajstić information content (AvgIpc) is 2.47. The molecule has 2 N–H and O–H groups in total. The van der Waals surface area contributed by atoms with Crippen molar-refractivity contribution < 1.29 is 13.5 Å². The van der Waals surface area contributed by atoms with Gasteiger partial charge in [-0.3, -0.25) is 0 Å². The van der Waals surface area contributed by atoms with E-state index in [1.165, 1.54) is 12.1 Å².